The molecule has 3 fully saturated rings. The molecule has 0 spiro atoms. The minimum atomic E-state index is -0.182. The van der Waals surface area contributed by atoms with E-state index < -0.39 is 0 Å². The van der Waals surface area contributed by atoms with Gasteiger partial charge in [0.25, 0.3) is 0 Å². The van der Waals surface area contributed by atoms with Crippen LogP contribution in [0.1, 0.15) is 62.8 Å². The molecular formula is C23H33FN2O. The maximum atomic E-state index is 13.4. The van der Waals surface area contributed by atoms with Crippen LogP contribution in [-0.2, 0) is 4.79 Å². The lowest BCUT2D eigenvalue weighted by molar-refractivity contribution is -0.131. The monoisotopic (exact) mass is 372 g/mol. The first-order valence-corrected chi connectivity index (χ1v) is 10.9. The molecule has 2 atom stereocenters. The van der Waals surface area contributed by atoms with Crippen LogP contribution in [0.3, 0.4) is 0 Å². The van der Waals surface area contributed by atoms with Crippen molar-refractivity contribution in [3.05, 3.63) is 35.6 Å². The Morgan fingerprint density at radius 1 is 0.963 bits per heavy atom. The fourth-order valence-corrected chi connectivity index (χ4v) is 5.41. The van der Waals surface area contributed by atoms with E-state index in [2.05, 4.69) is 9.80 Å². The predicted molar refractivity (Wildman–Crippen MR) is 106 cm³/mol. The molecule has 148 valence electrons. The Bertz CT molecular complexity index is 620. The minimum absolute atomic E-state index is 0.182. The van der Waals surface area contributed by atoms with Crippen LogP contribution in [0.15, 0.2) is 24.3 Å². The molecule has 2 aliphatic heterocycles. The summed E-state index contributed by atoms with van der Waals surface area (Å²) in [5, 5.41) is 0. The summed E-state index contributed by atoms with van der Waals surface area (Å²) in [5.41, 5.74) is 1.19. The average molecular weight is 373 g/mol. The van der Waals surface area contributed by atoms with E-state index in [9.17, 15) is 9.18 Å². The summed E-state index contributed by atoms with van der Waals surface area (Å²) in [7, 11) is 0. The molecule has 2 heterocycles. The van der Waals surface area contributed by atoms with Gasteiger partial charge in [-0.15, -0.1) is 0 Å². The fourth-order valence-electron chi connectivity index (χ4n) is 5.41. The molecule has 4 rings (SSSR count). The molecule has 0 aromatic heterocycles. The van der Waals surface area contributed by atoms with Gasteiger partial charge in [0.15, 0.2) is 0 Å². The highest BCUT2D eigenvalue weighted by Crippen LogP contribution is 2.36. The van der Waals surface area contributed by atoms with Crippen molar-refractivity contribution in [2.45, 2.75) is 57.3 Å². The molecule has 3 aliphatic rings. The summed E-state index contributed by atoms with van der Waals surface area (Å²) in [4.78, 5) is 17.6. The molecule has 4 heteroatoms. The van der Waals surface area contributed by atoms with Gasteiger partial charge in [0.2, 0.25) is 5.91 Å². The molecule has 1 aromatic carbocycles. The molecule has 0 radical (unpaired) electrons. The van der Waals surface area contributed by atoms with Gasteiger partial charge in [-0.2, -0.15) is 0 Å². The largest absolute Gasteiger partial charge is 0.342 e. The normalized spacial score (nSPS) is 27.4. The third kappa shape index (κ3) is 4.71. The molecule has 0 bridgehead atoms. The lowest BCUT2D eigenvalue weighted by Gasteiger charge is -2.31. The molecule has 0 unspecified atom stereocenters. The molecule has 3 nitrogen and oxygen atoms in total. The zero-order chi connectivity index (χ0) is 18.6. The molecule has 1 amide bonds. The lowest BCUT2D eigenvalue weighted by atomic mass is 9.88. The number of rotatable bonds is 5. The molecular weight excluding hydrogens is 339 g/mol. The Morgan fingerprint density at radius 3 is 2.37 bits per heavy atom. The zero-order valence-corrected chi connectivity index (χ0v) is 16.4. The number of carbonyl (C=O) groups is 1. The van der Waals surface area contributed by atoms with Crippen molar-refractivity contribution in [3.63, 3.8) is 0 Å². The standard InChI is InChI=1S/C23H33FN2O/c24-21-10-8-19(9-11-21)22-17-26(23(27)14-18-6-2-3-7-18)16-20(22)15-25-12-4-1-5-13-25/h8-11,18,20,22H,1-7,12-17H2/t20-,22-/m0/s1. The smallest absolute Gasteiger partial charge is 0.222 e. The fraction of sp³-hybridized carbons (Fsp3) is 0.696. The van der Waals surface area contributed by atoms with Crippen LogP contribution in [0.25, 0.3) is 0 Å². The van der Waals surface area contributed by atoms with Crippen LogP contribution in [0.5, 0.6) is 0 Å². The van der Waals surface area contributed by atoms with Gasteiger partial charge in [-0.1, -0.05) is 31.4 Å². The van der Waals surface area contributed by atoms with Crippen LogP contribution in [0.2, 0.25) is 0 Å². The quantitative estimate of drug-likeness (QED) is 0.763. The minimum Gasteiger partial charge on any atom is -0.342 e. The van der Waals surface area contributed by atoms with Crippen LogP contribution in [0, 0.1) is 17.7 Å². The van der Waals surface area contributed by atoms with E-state index in [4.69, 9.17) is 0 Å². The number of hydrogen-bond donors (Lipinski definition) is 0. The van der Waals surface area contributed by atoms with E-state index in [-0.39, 0.29) is 5.82 Å². The number of carbonyl (C=O) groups excluding carboxylic acids is 1. The first-order valence-electron chi connectivity index (χ1n) is 10.9. The van der Waals surface area contributed by atoms with Crippen molar-refractivity contribution in [1.29, 1.82) is 0 Å². The highest BCUT2D eigenvalue weighted by atomic mass is 19.1. The van der Waals surface area contributed by atoms with Gasteiger partial charge in [0, 0.05) is 32.0 Å². The van der Waals surface area contributed by atoms with Crippen LogP contribution in [0.4, 0.5) is 4.39 Å². The molecule has 27 heavy (non-hydrogen) atoms. The third-order valence-corrected chi connectivity index (χ3v) is 6.97. The first-order chi connectivity index (χ1) is 13.2. The van der Waals surface area contributed by atoms with E-state index in [0.717, 1.165) is 26.1 Å². The van der Waals surface area contributed by atoms with E-state index in [1.54, 1.807) is 12.1 Å². The first kappa shape index (κ1) is 18.9. The molecule has 0 N–H and O–H groups in total. The van der Waals surface area contributed by atoms with Crippen molar-refractivity contribution in [2.75, 3.05) is 32.7 Å². The van der Waals surface area contributed by atoms with Gasteiger partial charge in [-0.05, 0) is 68.3 Å². The molecule has 1 aromatic rings. The van der Waals surface area contributed by atoms with Gasteiger partial charge in [0.1, 0.15) is 5.82 Å². The summed E-state index contributed by atoms with van der Waals surface area (Å²) in [6, 6.07) is 6.98. The Balaban J connectivity index is 1.45. The second kappa shape index (κ2) is 8.72. The maximum Gasteiger partial charge on any atom is 0.222 e. The molecule has 2 saturated heterocycles. The molecule has 1 aliphatic carbocycles. The lowest BCUT2D eigenvalue weighted by Crippen LogP contribution is -2.37. The van der Waals surface area contributed by atoms with Crippen LogP contribution in [-0.4, -0.2) is 48.4 Å². The van der Waals surface area contributed by atoms with Crippen molar-refractivity contribution in [2.24, 2.45) is 11.8 Å². The van der Waals surface area contributed by atoms with Gasteiger partial charge in [-0.25, -0.2) is 4.39 Å². The van der Waals surface area contributed by atoms with Crippen molar-refractivity contribution >= 4 is 5.91 Å². The number of likely N-dealkylation sites (tertiary alicyclic amines) is 2. The predicted octanol–water partition coefficient (Wildman–Crippen LogP) is 4.43. The van der Waals surface area contributed by atoms with Gasteiger partial charge in [-0.3, -0.25) is 4.79 Å². The van der Waals surface area contributed by atoms with E-state index >= 15 is 0 Å². The van der Waals surface area contributed by atoms with Crippen molar-refractivity contribution in [3.8, 4) is 0 Å². The van der Waals surface area contributed by atoms with Gasteiger partial charge < -0.3 is 9.80 Å². The zero-order valence-electron chi connectivity index (χ0n) is 16.4. The summed E-state index contributed by atoms with van der Waals surface area (Å²) in [5.74, 6) is 1.55. The van der Waals surface area contributed by atoms with E-state index in [1.807, 2.05) is 12.1 Å². The SMILES string of the molecule is O=C(CC1CCCC1)N1C[C@H](CN2CCCCC2)[C@H](c2ccc(F)cc2)C1. The number of benzene rings is 1. The van der Waals surface area contributed by atoms with Crippen molar-refractivity contribution < 1.29 is 9.18 Å². The van der Waals surface area contributed by atoms with E-state index in [0.29, 0.717) is 23.7 Å². The maximum absolute atomic E-state index is 13.4. The van der Waals surface area contributed by atoms with Crippen molar-refractivity contribution in [1.82, 2.24) is 9.80 Å². The Kier molecular flexibility index (Phi) is 6.11. The summed E-state index contributed by atoms with van der Waals surface area (Å²) in [6.45, 7) is 5.10. The number of nitrogens with zero attached hydrogens (tertiary/aromatic N) is 2. The summed E-state index contributed by atoms with van der Waals surface area (Å²) < 4.78 is 13.4. The molecule has 1 saturated carbocycles. The number of hydrogen-bond acceptors (Lipinski definition) is 2. The Morgan fingerprint density at radius 2 is 1.67 bits per heavy atom. The van der Waals surface area contributed by atoms with Gasteiger partial charge >= 0.3 is 0 Å². The third-order valence-electron chi connectivity index (χ3n) is 6.97. The van der Waals surface area contributed by atoms with Gasteiger partial charge in [0.05, 0.1) is 0 Å². The van der Waals surface area contributed by atoms with E-state index in [1.165, 1.54) is 63.6 Å². The van der Waals surface area contributed by atoms with Crippen LogP contribution < -0.4 is 0 Å². The topological polar surface area (TPSA) is 23.6 Å². The highest BCUT2D eigenvalue weighted by Gasteiger charge is 2.37. The highest BCUT2D eigenvalue weighted by molar-refractivity contribution is 5.77. The summed E-state index contributed by atoms with van der Waals surface area (Å²) in [6.07, 6.45) is 9.66. The number of halogens is 1. The Hall–Kier alpha value is -1.42. The Labute approximate surface area is 162 Å². The van der Waals surface area contributed by atoms with Crippen LogP contribution >= 0.6 is 0 Å². The number of piperidine rings is 1. The summed E-state index contributed by atoms with van der Waals surface area (Å²) >= 11 is 0. The number of amides is 1. The second-order valence-electron chi connectivity index (χ2n) is 8.93. The second-order valence-corrected chi connectivity index (χ2v) is 8.93. The average Bonchev–Trinajstić information content (AvgIpc) is 3.33.